The Morgan fingerprint density at radius 3 is 2.95 bits per heavy atom. The zero-order valence-electron chi connectivity index (χ0n) is 11.2. The molecule has 2 aliphatic heterocycles. The largest absolute Gasteiger partial charge is 0.354 e. The highest BCUT2D eigenvalue weighted by Gasteiger charge is 2.26. The lowest BCUT2D eigenvalue weighted by Crippen LogP contribution is -2.44. The molecule has 20 heavy (non-hydrogen) atoms. The lowest BCUT2D eigenvalue weighted by molar-refractivity contribution is 0.484. The molecular formula is C13H18N6S. The van der Waals surface area contributed by atoms with Gasteiger partial charge in [-0.25, -0.2) is 4.68 Å². The Bertz CT molecular complexity index is 572. The van der Waals surface area contributed by atoms with Crippen molar-refractivity contribution >= 4 is 23.2 Å². The lowest BCUT2D eigenvalue weighted by atomic mass is 10.1. The van der Waals surface area contributed by atoms with Crippen LogP contribution in [0, 0.1) is 0 Å². The van der Waals surface area contributed by atoms with Crippen LogP contribution in [0.15, 0.2) is 17.5 Å². The SMILES string of the molecule is c1csc(C2CCNc3nc(N4CCNCC4)nn32)c1. The van der Waals surface area contributed by atoms with Crippen molar-refractivity contribution < 1.29 is 0 Å². The smallest absolute Gasteiger partial charge is 0.246 e. The number of hydrogen-bond acceptors (Lipinski definition) is 6. The van der Waals surface area contributed by atoms with Crippen LogP contribution in [0.25, 0.3) is 0 Å². The summed E-state index contributed by atoms with van der Waals surface area (Å²) in [5.74, 6) is 1.76. The normalized spacial score (nSPS) is 22.4. The van der Waals surface area contributed by atoms with Crippen molar-refractivity contribution in [3.8, 4) is 0 Å². The van der Waals surface area contributed by atoms with E-state index in [1.165, 1.54) is 4.88 Å². The van der Waals surface area contributed by atoms with Crippen molar-refractivity contribution in [2.45, 2.75) is 12.5 Å². The van der Waals surface area contributed by atoms with E-state index < -0.39 is 0 Å². The van der Waals surface area contributed by atoms with Crippen LogP contribution in [0.4, 0.5) is 11.9 Å². The highest BCUT2D eigenvalue weighted by molar-refractivity contribution is 7.10. The van der Waals surface area contributed by atoms with Crippen LogP contribution in [-0.2, 0) is 0 Å². The number of nitrogens with one attached hydrogen (secondary N) is 2. The predicted octanol–water partition coefficient (Wildman–Crippen LogP) is 1.15. The van der Waals surface area contributed by atoms with E-state index >= 15 is 0 Å². The summed E-state index contributed by atoms with van der Waals surface area (Å²) in [6.07, 6.45) is 1.07. The summed E-state index contributed by atoms with van der Waals surface area (Å²) in [6.45, 7) is 4.93. The number of rotatable bonds is 2. The summed E-state index contributed by atoms with van der Waals surface area (Å²) in [4.78, 5) is 8.30. The molecule has 1 unspecified atom stereocenters. The molecule has 1 atom stereocenters. The van der Waals surface area contributed by atoms with Crippen molar-refractivity contribution in [1.29, 1.82) is 0 Å². The van der Waals surface area contributed by atoms with E-state index in [4.69, 9.17) is 5.10 Å². The first-order chi connectivity index (χ1) is 9.92. The average Bonchev–Trinajstić information content (AvgIpc) is 3.17. The molecule has 0 bridgehead atoms. The fourth-order valence-electron chi connectivity index (χ4n) is 2.84. The van der Waals surface area contributed by atoms with Gasteiger partial charge in [0.1, 0.15) is 0 Å². The third-order valence-electron chi connectivity index (χ3n) is 3.89. The number of fused-ring (bicyclic) bond motifs is 1. The first-order valence-corrected chi connectivity index (χ1v) is 7.99. The summed E-state index contributed by atoms with van der Waals surface area (Å²) in [5.41, 5.74) is 0. The molecule has 4 heterocycles. The summed E-state index contributed by atoms with van der Waals surface area (Å²) in [7, 11) is 0. The Balaban J connectivity index is 1.66. The van der Waals surface area contributed by atoms with Gasteiger partial charge in [-0.1, -0.05) is 6.07 Å². The maximum atomic E-state index is 4.76. The Labute approximate surface area is 121 Å². The molecule has 0 aromatic carbocycles. The fraction of sp³-hybridized carbons (Fsp3) is 0.538. The van der Waals surface area contributed by atoms with E-state index in [2.05, 4.69) is 42.7 Å². The van der Waals surface area contributed by atoms with Gasteiger partial charge in [0.25, 0.3) is 0 Å². The minimum absolute atomic E-state index is 0.329. The van der Waals surface area contributed by atoms with Gasteiger partial charge in [0.05, 0.1) is 6.04 Å². The summed E-state index contributed by atoms with van der Waals surface area (Å²) in [6, 6.07) is 4.63. The first-order valence-electron chi connectivity index (χ1n) is 7.11. The topological polar surface area (TPSA) is 58.0 Å². The molecule has 0 saturated carbocycles. The molecule has 1 saturated heterocycles. The predicted molar refractivity (Wildman–Crippen MR) is 80.7 cm³/mol. The second-order valence-electron chi connectivity index (χ2n) is 5.16. The van der Waals surface area contributed by atoms with Crippen LogP contribution in [0.1, 0.15) is 17.3 Å². The molecule has 4 rings (SSSR count). The Morgan fingerprint density at radius 1 is 1.25 bits per heavy atom. The first kappa shape index (κ1) is 12.2. The Morgan fingerprint density at radius 2 is 2.15 bits per heavy atom. The number of aromatic nitrogens is 3. The monoisotopic (exact) mass is 290 g/mol. The lowest BCUT2D eigenvalue weighted by Gasteiger charge is -2.26. The number of hydrogen-bond donors (Lipinski definition) is 2. The van der Waals surface area contributed by atoms with Crippen molar-refractivity contribution in [2.24, 2.45) is 0 Å². The molecule has 106 valence electrons. The van der Waals surface area contributed by atoms with Gasteiger partial charge in [-0.15, -0.1) is 16.4 Å². The Kier molecular flexibility index (Phi) is 3.08. The van der Waals surface area contributed by atoms with Crippen molar-refractivity contribution in [1.82, 2.24) is 20.1 Å². The molecule has 1 fully saturated rings. The Hall–Kier alpha value is -1.60. The molecule has 0 aliphatic carbocycles. The molecule has 2 N–H and O–H groups in total. The number of nitrogens with zero attached hydrogens (tertiary/aromatic N) is 4. The van der Waals surface area contributed by atoms with Gasteiger partial charge in [0.2, 0.25) is 11.9 Å². The third kappa shape index (κ3) is 2.06. The van der Waals surface area contributed by atoms with Crippen LogP contribution in [-0.4, -0.2) is 47.5 Å². The van der Waals surface area contributed by atoms with Crippen LogP contribution in [0.2, 0.25) is 0 Å². The van der Waals surface area contributed by atoms with Gasteiger partial charge in [0, 0.05) is 37.6 Å². The molecule has 6 nitrogen and oxygen atoms in total. The minimum atomic E-state index is 0.329. The molecule has 0 spiro atoms. The standard InChI is InChI=1S/C13H18N6S/c1-2-11(20-9-1)10-3-4-15-12-16-13(17-19(10)12)18-7-5-14-6-8-18/h1-2,9-10,14H,3-8H2,(H,15,16,17). The van der Waals surface area contributed by atoms with Gasteiger partial charge < -0.3 is 15.5 Å². The van der Waals surface area contributed by atoms with Gasteiger partial charge in [0.15, 0.2) is 0 Å². The summed E-state index contributed by atoms with van der Waals surface area (Å²) >= 11 is 1.80. The van der Waals surface area contributed by atoms with Gasteiger partial charge in [-0.05, 0) is 17.9 Å². The number of thiophene rings is 1. The minimum Gasteiger partial charge on any atom is -0.354 e. The van der Waals surface area contributed by atoms with Crippen LogP contribution in [0.5, 0.6) is 0 Å². The van der Waals surface area contributed by atoms with Crippen molar-refractivity contribution in [3.63, 3.8) is 0 Å². The molecule has 2 aromatic heterocycles. The maximum Gasteiger partial charge on any atom is 0.246 e. The second-order valence-corrected chi connectivity index (χ2v) is 6.14. The van der Waals surface area contributed by atoms with E-state index in [-0.39, 0.29) is 0 Å². The van der Waals surface area contributed by atoms with Gasteiger partial charge in [-0.3, -0.25) is 0 Å². The van der Waals surface area contributed by atoms with E-state index in [0.29, 0.717) is 6.04 Å². The molecular weight excluding hydrogens is 272 g/mol. The van der Waals surface area contributed by atoms with E-state index in [9.17, 15) is 0 Å². The molecule has 2 aliphatic rings. The quantitative estimate of drug-likeness (QED) is 0.869. The summed E-state index contributed by atoms with van der Waals surface area (Å²) < 4.78 is 2.06. The van der Waals surface area contributed by atoms with Gasteiger partial charge >= 0.3 is 0 Å². The molecule has 0 radical (unpaired) electrons. The van der Waals surface area contributed by atoms with Crippen molar-refractivity contribution in [2.75, 3.05) is 42.9 Å². The highest BCUT2D eigenvalue weighted by atomic mass is 32.1. The van der Waals surface area contributed by atoms with Crippen LogP contribution < -0.4 is 15.5 Å². The highest BCUT2D eigenvalue weighted by Crippen LogP contribution is 2.32. The zero-order chi connectivity index (χ0) is 13.4. The van der Waals surface area contributed by atoms with E-state index in [1.54, 1.807) is 11.3 Å². The second kappa shape index (κ2) is 5.06. The van der Waals surface area contributed by atoms with Crippen molar-refractivity contribution in [3.05, 3.63) is 22.4 Å². The van der Waals surface area contributed by atoms with E-state index in [0.717, 1.165) is 51.0 Å². The molecule has 7 heteroatoms. The average molecular weight is 290 g/mol. The van der Waals surface area contributed by atoms with E-state index in [1.807, 2.05) is 0 Å². The van der Waals surface area contributed by atoms with Crippen LogP contribution >= 0.6 is 11.3 Å². The third-order valence-corrected chi connectivity index (χ3v) is 4.86. The summed E-state index contributed by atoms with van der Waals surface area (Å²) in [5, 5.41) is 13.6. The molecule has 2 aromatic rings. The zero-order valence-corrected chi connectivity index (χ0v) is 12.1. The van der Waals surface area contributed by atoms with Crippen LogP contribution in [0.3, 0.4) is 0 Å². The number of piperazine rings is 1. The van der Waals surface area contributed by atoms with Gasteiger partial charge in [-0.2, -0.15) is 4.98 Å². The molecule has 0 amide bonds. The maximum absolute atomic E-state index is 4.76. The fourth-order valence-corrected chi connectivity index (χ4v) is 3.68. The number of anilines is 2.